The van der Waals surface area contributed by atoms with Gasteiger partial charge in [0, 0.05) is 0 Å². The van der Waals surface area contributed by atoms with Crippen molar-refractivity contribution in [2.24, 2.45) is 0 Å². The van der Waals surface area contributed by atoms with Crippen LogP contribution in [0.1, 0.15) is 6.92 Å². The Kier molecular flexibility index (Phi) is 4.86. The normalized spacial score (nSPS) is 17.8. The van der Waals surface area contributed by atoms with Crippen LogP contribution >= 0.6 is 27.5 Å². The van der Waals surface area contributed by atoms with Crippen LogP contribution in [-0.4, -0.2) is 38.2 Å². The van der Waals surface area contributed by atoms with Crippen LogP contribution in [0.15, 0.2) is 47.3 Å². The molecule has 146 valence electrons. The molecular formula is C18H13BrClN7O2. The van der Waals surface area contributed by atoms with Gasteiger partial charge in [-0.15, -0.1) is 4.80 Å². The Labute approximate surface area is 179 Å². The predicted molar refractivity (Wildman–Crippen MR) is 109 cm³/mol. The van der Waals surface area contributed by atoms with Gasteiger partial charge >= 0.3 is 6.03 Å². The van der Waals surface area contributed by atoms with E-state index in [1.54, 1.807) is 31.2 Å². The topological polar surface area (TPSA) is 109 Å². The van der Waals surface area contributed by atoms with Crippen molar-refractivity contribution in [2.45, 2.75) is 12.5 Å². The monoisotopic (exact) mass is 473 g/mol. The summed E-state index contributed by atoms with van der Waals surface area (Å²) in [4.78, 5) is 19.9. The molecule has 0 saturated heterocycles. The molecule has 1 aliphatic heterocycles. The quantitative estimate of drug-likeness (QED) is 0.605. The lowest BCUT2D eigenvalue weighted by molar-refractivity contribution is 0.143. The number of para-hydroxylation sites is 1. The largest absolute Gasteiger partial charge is 0.467 e. The molecule has 0 saturated carbocycles. The fourth-order valence-corrected chi connectivity index (χ4v) is 3.54. The zero-order chi connectivity index (χ0) is 20.6. The highest BCUT2D eigenvalue weighted by Crippen LogP contribution is 2.42. The molecule has 0 fully saturated rings. The molecule has 1 aliphatic rings. The van der Waals surface area contributed by atoms with Crippen LogP contribution in [0.25, 0.3) is 5.82 Å². The highest BCUT2D eigenvalue weighted by Gasteiger charge is 2.39. The van der Waals surface area contributed by atoms with Gasteiger partial charge in [0.25, 0.3) is 0 Å². The number of ether oxygens (including phenoxy) is 1. The van der Waals surface area contributed by atoms with Crippen molar-refractivity contribution in [1.29, 1.82) is 5.26 Å². The number of anilines is 2. The molecule has 2 aromatic heterocycles. The van der Waals surface area contributed by atoms with Gasteiger partial charge in [-0.3, -0.25) is 4.90 Å². The number of fused-ring (bicyclic) bond motifs is 1. The summed E-state index contributed by atoms with van der Waals surface area (Å²) in [6, 6.07) is 8.53. The van der Waals surface area contributed by atoms with Gasteiger partial charge in [-0.1, -0.05) is 17.7 Å². The zero-order valence-corrected chi connectivity index (χ0v) is 17.3. The van der Waals surface area contributed by atoms with Gasteiger partial charge < -0.3 is 10.1 Å². The van der Waals surface area contributed by atoms with Crippen LogP contribution in [0, 0.1) is 11.3 Å². The van der Waals surface area contributed by atoms with Gasteiger partial charge in [0.15, 0.2) is 11.6 Å². The molecule has 1 N–H and O–H groups in total. The van der Waals surface area contributed by atoms with Crippen molar-refractivity contribution >= 4 is 44.9 Å². The predicted octanol–water partition coefficient (Wildman–Crippen LogP) is 3.79. The molecule has 4 rings (SSSR count). The average Bonchev–Trinajstić information content (AvgIpc) is 3.23. The van der Waals surface area contributed by atoms with E-state index in [-0.39, 0.29) is 11.6 Å². The van der Waals surface area contributed by atoms with Gasteiger partial charge in [-0.25, -0.2) is 9.78 Å². The summed E-state index contributed by atoms with van der Waals surface area (Å²) in [5, 5.41) is 20.5. The number of carbonyl (C=O) groups is 1. The first kappa shape index (κ1) is 19.2. The minimum atomic E-state index is -1.19. The second-order valence-corrected chi connectivity index (χ2v) is 7.66. The smallest absolute Gasteiger partial charge is 0.326 e. The van der Waals surface area contributed by atoms with Gasteiger partial charge in [0.05, 0.1) is 46.0 Å². The van der Waals surface area contributed by atoms with E-state index in [0.29, 0.717) is 27.4 Å². The van der Waals surface area contributed by atoms with Crippen LogP contribution in [-0.2, 0) is 0 Å². The van der Waals surface area contributed by atoms with Crippen LogP contribution < -0.4 is 15.0 Å². The molecule has 1 aromatic carbocycles. The van der Waals surface area contributed by atoms with E-state index in [1.165, 1.54) is 28.3 Å². The molecule has 3 aromatic rings. The number of amides is 2. The molecule has 29 heavy (non-hydrogen) atoms. The number of hydrogen-bond acceptors (Lipinski definition) is 6. The molecule has 0 bridgehead atoms. The number of pyridine rings is 1. The fourth-order valence-electron chi connectivity index (χ4n) is 2.86. The Hall–Kier alpha value is -3.16. The Morgan fingerprint density at radius 2 is 2.17 bits per heavy atom. The van der Waals surface area contributed by atoms with Crippen LogP contribution in [0.3, 0.4) is 0 Å². The molecule has 11 heteroatoms. The van der Waals surface area contributed by atoms with Crippen LogP contribution in [0.5, 0.6) is 5.75 Å². The van der Waals surface area contributed by atoms with Gasteiger partial charge in [0.1, 0.15) is 6.07 Å². The summed E-state index contributed by atoms with van der Waals surface area (Å²) in [7, 11) is 0. The highest BCUT2D eigenvalue weighted by atomic mass is 79.9. The first-order valence-corrected chi connectivity index (χ1v) is 9.57. The summed E-state index contributed by atoms with van der Waals surface area (Å²) in [5.74, 6) is 0.765. The van der Waals surface area contributed by atoms with E-state index in [9.17, 15) is 10.1 Å². The third-order valence-electron chi connectivity index (χ3n) is 4.19. The van der Waals surface area contributed by atoms with Gasteiger partial charge in [-0.2, -0.15) is 15.5 Å². The van der Waals surface area contributed by atoms with Crippen molar-refractivity contribution in [3.05, 3.63) is 52.4 Å². The maximum absolute atomic E-state index is 13.0. The number of nitrogens with zero attached hydrogens (tertiary/aromatic N) is 6. The standard InChI is InChI=1S/C18H13BrClN7O2/c1-18(9-21)10-26(14-4-2-3-12(19)15(14)29-18)17(28)25-11-7-13(20)16(22-8-11)27-23-5-6-24-27/h2-8H,10H2,1H3,(H,25,28). The summed E-state index contributed by atoms with van der Waals surface area (Å²) >= 11 is 9.67. The summed E-state index contributed by atoms with van der Waals surface area (Å²) in [5.41, 5.74) is -0.265. The second-order valence-electron chi connectivity index (χ2n) is 6.40. The van der Waals surface area contributed by atoms with Gasteiger partial charge in [-0.05, 0) is 41.1 Å². The maximum atomic E-state index is 13.0. The van der Waals surface area contributed by atoms with E-state index in [2.05, 4.69) is 42.5 Å². The van der Waals surface area contributed by atoms with Crippen molar-refractivity contribution in [1.82, 2.24) is 20.0 Å². The average molecular weight is 475 g/mol. The van der Waals surface area contributed by atoms with Crippen molar-refractivity contribution in [3.63, 3.8) is 0 Å². The summed E-state index contributed by atoms with van der Waals surface area (Å²) in [6.45, 7) is 1.68. The zero-order valence-electron chi connectivity index (χ0n) is 15.0. The first-order chi connectivity index (χ1) is 13.9. The number of halogens is 2. The Morgan fingerprint density at radius 3 is 2.86 bits per heavy atom. The summed E-state index contributed by atoms with van der Waals surface area (Å²) in [6.07, 6.45) is 4.47. The maximum Gasteiger partial charge on any atom is 0.326 e. The molecule has 0 radical (unpaired) electrons. The number of aromatic nitrogens is 4. The minimum absolute atomic E-state index is 0.0508. The second kappa shape index (κ2) is 7.35. The third kappa shape index (κ3) is 3.62. The Morgan fingerprint density at radius 1 is 1.41 bits per heavy atom. The Bertz CT molecular complexity index is 1130. The Balaban J connectivity index is 1.63. The van der Waals surface area contributed by atoms with E-state index in [1.807, 2.05) is 0 Å². The third-order valence-corrected chi connectivity index (χ3v) is 5.09. The molecular weight excluding hydrogens is 462 g/mol. The number of rotatable bonds is 2. The van der Waals surface area contributed by atoms with Crippen LogP contribution in [0.2, 0.25) is 5.02 Å². The van der Waals surface area contributed by atoms with E-state index in [0.717, 1.165) is 0 Å². The molecule has 1 atom stereocenters. The fraction of sp³-hybridized carbons (Fsp3) is 0.167. The van der Waals surface area contributed by atoms with E-state index < -0.39 is 11.6 Å². The molecule has 2 amide bonds. The number of nitriles is 1. The molecule has 1 unspecified atom stereocenters. The molecule has 9 nitrogen and oxygen atoms in total. The molecule has 0 aliphatic carbocycles. The lowest BCUT2D eigenvalue weighted by Gasteiger charge is -2.38. The summed E-state index contributed by atoms with van der Waals surface area (Å²) < 4.78 is 6.47. The minimum Gasteiger partial charge on any atom is -0.467 e. The lowest BCUT2D eigenvalue weighted by atomic mass is 10.0. The van der Waals surface area contributed by atoms with Crippen molar-refractivity contribution in [3.8, 4) is 17.6 Å². The number of benzene rings is 1. The van der Waals surface area contributed by atoms with Crippen molar-refractivity contribution in [2.75, 3.05) is 16.8 Å². The van der Waals surface area contributed by atoms with Gasteiger partial charge in [0.2, 0.25) is 5.60 Å². The molecule has 0 spiro atoms. The lowest BCUT2D eigenvalue weighted by Crippen LogP contribution is -2.51. The number of urea groups is 1. The number of hydrogen-bond donors (Lipinski definition) is 1. The first-order valence-electron chi connectivity index (χ1n) is 8.40. The SMILES string of the molecule is CC1(C#N)CN(C(=O)Nc2cnc(-n3nccn3)c(Cl)c2)c2cccc(Br)c2O1. The number of nitrogens with one attached hydrogen (secondary N) is 1. The van der Waals surface area contributed by atoms with Crippen molar-refractivity contribution < 1.29 is 9.53 Å². The highest BCUT2D eigenvalue weighted by molar-refractivity contribution is 9.10. The van der Waals surface area contributed by atoms with E-state index >= 15 is 0 Å². The molecule has 3 heterocycles. The number of carbonyl (C=O) groups excluding carboxylic acids is 1. The van der Waals surface area contributed by atoms with E-state index in [4.69, 9.17) is 16.3 Å². The van der Waals surface area contributed by atoms with Crippen LogP contribution in [0.4, 0.5) is 16.2 Å².